The molecular formula is C11H22N2O3. The SMILES string of the molecule is COCCCN1CCN(CC(=O)CO)CC1. The smallest absolute Gasteiger partial charge is 0.172 e. The topological polar surface area (TPSA) is 53.0 Å². The second-order valence-corrected chi connectivity index (χ2v) is 4.16. The van der Waals surface area contributed by atoms with Crippen molar-refractivity contribution in [3.63, 3.8) is 0 Å². The van der Waals surface area contributed by atoms with Crippen molar-refractivity contribution in [2.45, 2.75) is 6.42 Å². The monoisotopic (exact) mass is 230 g/mol. The molecule has 1 aliphatic rings. The third kappa shape index (κ3) is 5.03. The minimum Gasteiger partial charge on any atom is -0.389 e. The minimum absolute atomic E-state index is 0.0900. The molecule has 94 valence electrons. The molecule has 0 spiro atoms. The van der Waals surface area contributed by atoms with Gasteiger partial charge >= 0.3 is 0 Å². The fraction of sp³-hybridized carbons (Fsp3) is 0.909. The number of carbonyl (C=O) groups is 1. The molecule has 0 atom stereocenters. The molecule has 16 heavy (non-hydrogen) atoms. The van der Waals surface area contributed by atoms with Crippen molar-refractivity contribution in [1.29, 1.82) is 0 Å². The summed E-state index contributed by atoms with van der Waals surface area (Å²) in [5, 5.41) is 8.66. The molecule has 0 aromatic rings. The molecule has 0 unspecified atom stereocenters. The Hall–Kier alpha value is -0.490. The number of carbonyl (C=O) groups excluding carboxylic acids is 1. The number of piperazine rings is 1. The largest absolute Gasteiger partial charge is 0.389 e. The minimum atomic E-state index is -0.339. The predicted molar refractivity (Wildman–Crippen MR) is 61.5 cm³/mol. The molecule has 1 rings (SSSR count). The van der Waals surface area contributed by atoms with E-state index in [0.717, 1.165) is 45.8 Å². The summed E-state index contributed by atoms with van der Waals surface area (Å²) in [6.07, 6.45) is 1.06. The first-order valence-electron chi connectivity index (χ1n) is 5.82. The van der Waals surface area contributed by atoms with Crippen LogP contribution in [-0.4, -0.2) is 80.3 Å². The molecule has 1 N–H and O–H groups in total. The van der Waals surface area contributed by atoms with Gasteiger partial charge < -0.3 is 14.7 Å². The van der Waals surface area contributed by atoms with Gasteiger partial charge in [0.05, 0.1) is 6.54 Å². The number of ether oxygens (including phenoxy) is 1. The highest BCUT2D eigenvalue weighted by Gasteiger charge is 2.17. The van der Waals surface area contributed by atoms with Crippen LogP contribution in [0.15, 0.2) is 0 Å². The van der Waals surface area contributed by atoms with Gasteiger partial charge in [-0.2, -0.15) is 0 Å². The number of hydrogen-bond acceptors (Lipinski definition) is 5. The third-order valence-electron chi connectivity index (χ3n) is 2.86. The Kier molecular flexibility index (Phi) is 6.56. The highest BCUT2D eigenvalue weighted by atomic mass is 16.5. The van der Waals surface area contributed by atoms with E-state index in [0.29, 0.717) is 6.54 Å². The van der Waals surface area contributed by atoms with E-state index in [1.54, 1.807) is 7.11 Å². The van der Waals surface area contributed by atoms with Crippen LogP contribution in [0.5, 0.6) is 0 Å². The van der Waals surface area contributed by atoms with Gasteiger partial charge in [0.1, 0.15) is 6.61 Å². The van der Waals surface area contributed by atoms with Crippen molar-refractivity contribution in [3.8, 4) is 0 Å². The lowest BCUT2D eigenvalue weighted by molar-refractivity contribution is -0.123. The number of rotatable bonds is 7. The maximum Gasteiger partial charge on any atom is 0.172 e. The van der Waals surface area contributed by atoms with E-state index in [4.69, 9.17) is 9.84 Å². The number of nitrogens with zero attached hydrogens (tertiary/aromatic N) is 2. The van der Waals surface area contributed by atoms with E-state index in [1.165, 1.54) is 0 Å². The average Bonchev–Trinajstić information content (AvgIpc) is 2.31. The molecule has 0 radical (unpaired) electrons. The van der Waals surface area contributed by atoms with Gasteiger partial charge in [0.25, 0.3) is 0 Å². The first kappa shape index (κ1) is 13.6. The molecule has 1 saturated heterocycles. The van der Waals surface area contributed by atoms with E-state index in [2.05, 4.69) is 9.80 Å². The Morgan fingerprint density at radius 3 is 2.44 bits per heavy atom. The van der Waals surface area contributed by atoms with Crippen molar-refractivity contribution in [2.75, 3.05) is 59.6 Å². The van der Waals surface area contributed by atoms with E-state index in [1.807, 2.05) is 0 Å². The lowest BCUT2D eigenvalue weighted by Gasteiger charge is -2.34. The standard InChI is InChI=1S/C11H22N2O3/c1-16-8-2-3-12-4-6-13(7-5-12)9-11(15)10-14/h14H,2-10H2,1H3. The summed E-state index contributed by atoms with van der Waals surface area (Å²) in [7, 11) is 1.72. The van der Waals surface area contributed by atoms with Crippen LogP contribution < -0.4 is 0 Å². The second-order valence-electron chi connectivity index (χ2n) is 4.16. The maximum atomic E-state index is 11.1. The Morgan fingerprint density at radius 1 is 1.25 bits per heavy atom. The van der Waals surface area contributed by atoms with E-state index in [-0.39, 0.29) is 12.4 Å². The predicted octanol–water partition coefficient (Wildman–Crippen LogP) is -0.798. The molecule has 1 fully saturated rings. The van der Waals surface area contributed by atoms with E-state index < -0.39 is 0 Å². The van der Waals surface area contributed by atoms with Gasteiger partial charge in [-0.1, -0.05) is 0 Å². The number of ketones is 1. The summed E-state index contributed by atoms with van der Waals surface area (Å²) < 4.78 is 5.01. The van der Waals surface area contributed by atoms with Crippen LogP contribution in [0.25, 0.3) is 0 Å². The first-order chi connectivity index (χ1) is 7.76. The van der Waals surface area contributed by atoms with Crippen LogP contribution in [-0.2, 0) is 9.53 Å². The van der Waals surface area contributed by atoms with Gasteiger partial charge in [0.2, 0.25) is 0 Å². The maximum absolute atomic E-state index is 11.1. The molecule has 0 aromatic heterocycles. The number of aliphatic hydroxyl groups excluding tert-OH is 1. The lowest BCUT2D eigenvalue weighted by atomic mass is 10.2. The van der Waals surface area contributed by atoms with Gasteiger partial charge in [0, 0.05) is 46.4 Å². The third-order valence-corrected chi connectivity index (χ3v) is 2.86. The van der Waals surface area contributed by atoms with Crippen molar-refractivity contribution in [3.05, 3.63) is 0 Å². The van der Waals surface area contributed by atoms with Crippen LogP contribution in [0.1, 0.15) is 6.42 Å². The quantitative estimate of drug-likeness (QED) is 0.580. The van der Waals surface area contributed by atoms with E-state index in [9.17, 15) is 4.79 Å². The highest BCUT2D eigenvalue weighted by Crippen LogP contribution is 2.02. The summed E-state index contributed by atoms with van der Waals surface area (Å²) in [4.78, 5) is 15.5. The zero-order valence-electron chi connectivity index (χ0n) is 10.0. The number of Topliss-reactive ketones (excluding diaryl/α,β-unsaturated/α-hetero) is 1. The Labute approximate surface area is 97.0 Å². The number of aliphatic hydroxyl groups is 1. The summed E-state index contributed by atoms with van der Waals surface area (Å²) in [6, 6.07) is 0. The van der Waals surface area contributed by atoms with Crippen molar-refractivity contribution in [2.24, 2.45) is 0 Å². The fourth-order valence-corrected chi connectivity index (χ4v) is 1.90. The molecule has 0 saturated carbocycles. The Balaban J connectivity index is 2.11. The average molecular weight is 230 g/mol. The second kappa shape index (κ2) is 7.73. The lowest BCUT2D eigenvalue weighted by Crippen LogP contribution is -2.48. The molecule has 0 amide bonds. The molecule has 0 aromatic carbocycles. The summed E-state index contributed by atoms with van der Waals surface area (Å²) in [5.74, 6) is -0.0900. The molecule has 5 heteroatoms. The Morgan fingerprint density at radius 2 is 1.88 bits per heavy atom. The van der Waals surface area contributed by atoms with Crippen LogP contribution >= 0.6 is 0 Å². The van der Waals surface area contributed by atoms with Gasteiger partial charge in [-0.25, -0.2) is 0 Å². The van der Waals surface area contributed by atoms with Crippen LogP contribution in [0.3, 0.4) is 0 Å². The number of hydrogen-bond donors (Lipinski definition) is 1. The summed E-state index contributed by atoms with van der Waals surface area (Å²) in [6.45, 7) is 5.76. The zero-order chi connectivity index (χ0) is 11.8. The van der Waals surface area contributed by atoms with Crippen LogP contribution in [0.4, 0.5) is 0 Å². The van der Waals surface area contributed by atoms with Crippen LogP contribution in [0.2, 0.25) is 0 Å². The molecular weight excluding hydrogens is 208 g/mol. The van der Waals surface area contributed by atoms with Gasteiger partial charge in [0.15, 0.2) is 5.78 Å². The van der Waals surface area contributed by atoms with Crippen LogP contribution in [0, 0.1) is 0 Å². The van der Waals surface area contributed by atoms with Crippen molar-refractivity contribution >= 4 is 5.78 Å². The van der Waals surface area contributed by atoms with Gasteiger partial charge in [-0.3, -0.25) is 9.69 Å². The number of methoxy groups -OCH3 is 1. The van der Waals surface area contributed by atoms with Crippen molar-refractivity contribution < 1.29 is 14.6 Å². The molecule has 5 nitrogen and oxygen atoms in total. The molecule has 1 aliphatic heterocycles. The normalized spacial score (nSPS) is 18.9. The summed E-state index contributed by atoms with van der Waals surface area (Å²) in [5.41, 5.74) is 0. The van der Waals surface area contributed by atoms with E-state index >= 15 is 0 Å². The summed E-state index contributed by atoms with van der Waals surface area (Å²) >= 11 is 0. The van der Waals surface area contributed by atoms with Gasteiger partial charge in [-0.05, 0) is 6.42 Å². The molecule has 1 heterocycles. The molecule has 0 aliphatic carbocycles. The zero-order valence-corrected chi connectivity index (χ0v) is 10.0. The molecule has 0 bridgehead atoms. The van der Waals surface area contributed by atoms with Crippen molar-refractivity contribution in [1.82, 2.24) is 9.80 Å². The fourth-order valence-electron chi connectivity index (χ4n) is 1.90. The first-order valence-corrected chi connectivity index (χ1v) is 5.82. The highest BCUT2D eigenvalue weighted by molar-refractivity contribution is 5.81. The van der Waals surface area contributed by atoms with Gasteiger partial charge in [-0.15, -0.1) is 0 Å². The Bertz CT molecular complexity index is 203.